The van der Waals surface area contributed by atoms with Gasteiger partial charge < -0.3 is 5.73 Å². The molecule has 0 saturated heterocycles. The van der Waals surface area contributed by atoms with E-state index >= 15 is 0 Å². The molecule has 0 saturated carbocycles. The summed E-state index contributed by atoms with van der Waals surface area (Å²) in [4.78, 5) is 0. The minimum Gasteiger partial charge on any atom is -0.328 e. The Balaban J connectivity index is 2.31. The number of halogens is 2. The van der Waals surface area contributed by atoms with Crippen LogP contribution in [-0.2, 0) is 6.42 Å². The Morgan fingerprint density at radius 3 is 2.82 bits per heavy atom. The first kappa shape index (κ1) is 12.5. The van der Waals surface area contributed by atoms with Gasteiger partial charge in [-0.3, -0.25) is 0 Å². The highest BCUT2D eigenvalue weighted by molar-refractivity contribution is 14.1. The Kier molecular flexibility index (Phi) is 3.78. The predicted octanol–water partition coefficient (Wildman–Crippen LogP) is 2.51. The standard InChI is InChI=1S/C12H13FIN3/c1-8(15)4-9-2-3-12(11(13)5-9)17-7-10(14)6-16-17/h2-3,5-8H,4,15H2,1H3. The van der Waals surface area contributed by atoms with Crippen LogP contribution in [0.5, 0.6) is 0 Å². The molecule has 17 heavy (non-hydrogen) atoms. The molecule has 0 aliphatic heterocycles. The molecule has 0 amide bonds. The monoisotopic (exact) mass is 345 g/mol. The van der Waals surface area contributed by atoms with Gasteiger partial charge in [-0.25, -0.2) is 9.07 Å². The van der Waals surface area contributed by atoms with E-state index in [4.69, 9.17) is 5.73 Å². The first-order chi connectivity index (χ1) is 8.06. The van der Waals surface area contributed by atoms with Crippen molar-refractivity contribution >= 4 is 22.6 Å². The fraction of sp³-hybridized carbons (Fsp3) is 0.250. The Morgan fingerprint density at radius 1 is 1.53 bits per heavy atom. The molecule has 2 N–H and O–H groups in total. The van der Waals surface area contributed by atoms with E-state index in [2.05, 4.69) is 27.7 Å². The number of hydrogen-bond donors (Lipinski definition) is 1. The van der Waals surface area contributed by atoms with E-state index in [1.54, 1.807) is 18.5 Å². The van der Waals surface area contributed by atoms with Crippen LogP contribution in [0.3, 0.4) is 0 Å². The van der Waals surface area contributed by atoms with Crippen LogP contribution in [0.1, 0.15) is 12.5 Å². The van der Waals surface area contributed by atoms with Gasteiger partial charge in [0.2, 0.25) is 0 Å². The molecule has 0 fully saturated rings. The van der Waals surface area contributed by atoms with E-state index < -0.39 is 0 Å². The molecule has 0 radical (unpaired) electrons. The second-order valence-corrected chi connectivity index (χ2v) is 5.32. The lowest BCUT2D eigenvalue weighted by atomic mass is 10.1. The maximum atomic E-state index is 13.9. The highest BCUT2D eigenvalue weighted by Gasteiger charge is 2.07. The normalized spacial score (nSPS) is 12.7. The number of rotatable bonds is 3. The molecule has 3 nitrogen and oxygen atoms in total. The summed E-state index contributed by atoms with van der Waals surface area (Å²) in [6.07, 6.45) is 4.15. The molecule has 90 valence electrons. The number of benzene rings is 1. The number of aromatic nitrogens is 2. The van der Waals surface area contributed by atoms with Crippen molar-refractivity contribution in [1.29, 1.82) is 0 Å². The van der Waals surface area contributed by atoms with E-state index in [0.29, 0.717) is 12.1 Å². The zero-order valence-electron chi connectivity index (χ0n) is 9.40. The molecule has 2 aromatic rings. The summed E-state index contributed by atoms with van der Waals surface area (Å²) in [6.45, 7) is 1.90. The van der Waals surface area contributed by atoms with Gasteiger partial charge in [0, 0.05) is 12.2 Å². The van der Waals surface area contributed by atoms with Crippen molar-refractivity contribution in [3.63, 3.8) is 0 Å². The summed E-state index contributed by atoms with van der Waals surface area (Å²) in [6, 6.07) is 5.17. The fourth-order valence-corrected chi connectivity index (χ4v) is 2.06. The zero-order chi connectivity index (χ0) is 12.4. The van der Waals surface area contributed by atoms with Crippen LogP contribution in [-0.4, -0.2) is 15.8 Å². The maximum absolute atomic E-state index is 13.9. The number of nitrogens with two attached hydrogens (primary N) is 1. The van der Waals surface area contributed by atoms with Crippen molar-refractivity contribution in [3.05, 3.63) is 45.5 Å². The van der Waals surface area contributed by atoms with Gasteiger partial charge in [0.1, 0.15) is 11.5 Å². The van der Waals surface area contributed by atoms with Crippen LogP contribution in [0.25, 0.3) is 5.69 Å². The van der Waals surface area contributed by atoms with Crippen molar-refractivity contribution in [2.75, 3.05) is 0 Å². The van der Waals surface area contributed by atoms with Gasteiger partial charge in [-0.15, -0.1) is 0 Å². The minimum absolute atomic E-state index is 0.0332. The Morgan fingerprint density at radius 2 is 2.29 bits per heavy atom. The fourth-order valence-electron chi connectivity index (χ4n) is 1.67. The SMILES string of the molecule is CC(N)Cc1ccc(-n2cc(I)cn2)c(F)c1. The topological polar surface area (TPSA) is 43.8 Å². The third-order valence-corrected chi connectivity index (χ3v) is 2.92. The van der Waals surface area contributed by atoms with E-state index in [1.807, 2.05) is 13.0 Å². The number of hydrogen-bond acceptors (Lipinski definition) is 2. The van der Waals surface area contributed by atoms with Crippen LogP contribution in [0.4, 0.5) is 4.39 Å². The Hall–Kier alpha value is -0.950. The van der Waals surface area contributed by atoms with Gasteiger partial charge in [-0.2, -0.15) is 5.10 Å². The lowest BCUT2D eigenvalue weighted by Gasteiger charge is -2.08. The van der Waals surface area contributed by atoms with Crippen LogP contribution < -0.4 is 5.73 Å². The third-order valence-electron chi connectivity index (χ3n) is 2.37. The Bertz CT molecular complexity index is 522. The van der Waals surface area contributed by atoms with E-state index in [0.717, 1.165) is 9.13 Å². The van der Waals surface area contributed by atoms with Gasteiger partial charge in [0.25, 0.3) is 0 Å². The quantitative estimate of drug-likeness (QED) is 0.869. The first-order valence-corrected chi connectivity index (χ1v) is 6.38. The first-order valence-electron chi connectivity index (χ1n) is 5.31. The highest BCUT2D eigenvalue weighted by atomic mass is 127. The van der Waals surface area contributed by atoms with Crippen LogP contribution in [0, 0.1) is 9.39 Å². The molecule has 0 aliphatic rings. The second kappa shape index (κ2) is 5.14. The summed E-state index contributed by atoms with van der Waals surface area (Å²) in [5, 5.41) is 4.08. The molecular weight excluding hydrogens is 332 g/mol. The minimum atomic E-state index is -0.275. The van der Waals surface area contributed by atoms with Gasteiger partial charge >= 0.3 is 0 Å². The largest absolute Gasteiger partial charge is 0.328 e. The van der Waals surface area contributed by atoms with E-state index in [1.165, 1.54) is 10.7 Å². The van der Waals surface area contributed by atoms with Crippen molar-refractivity contribution < 1.29 is 4.39 Å². The molecule has 1 aromatic carbocycles. The molecule has 0 aliphatic carbocycles. The predicted molar refractivity (Wildman–Crippen MR) is 73.6 cm³/mol. The van der Waals surface area contributed by atoms with E-state index in [9.17, 15) is 4.39 Å². The average molecular weight is 345 g/mol. The molecule has 1 unspecified atom stereocenters. The van der Waals surface area contributed by atoms with Crippen LogP contribution in [0.15, 0.2) is 30.6 Å². The second-order valence-electron chi connectivity index (χ2n) is 4.07. The molecule has 0 spiro atoms. The molecule has 1 atom stereocenters. The molecular formula is C12H13FIN3. The molecule has 2 rings (SSSR count). The van der Waals surface area contributed by atoms with Crippen molar-refractivity contribution in [3.8, 4) is 5.69 Å². The molecule has 5 heteroatoms. The van der Waals surface area contributed by atoms with Gasteiger partial charge in [0.15, 0.2) is 0 Å². The Labute approximate surface area is 113 Å². The lowest BCUT2D eigenvalue weighted by Crippen LogP contribution is -2.17. The summed E-state index contributed by atoms with van der Waals surface area (Å²) in [5.74, 6) is -0.275. The van der Waals surface area contributed by atoms with Crippen molar-refractivity contribution in [2.24, 2.45) is 5.73 Å². The van der Waals surface area contributed by atoms with Crippen LogP contribution in [0.2, 0.25) is 0 Å². The average Bonchev–Trinajstić information content (AvgIpc) is 2.64. The lowest BCUT2D eigenvalue weighted by molar-refractivity contribution is 0.606. The van der Waals surface area contributed by atoms with Gasteiger partial charge in [-0.05, 0) is 53.6 Å². The van der Waals surface area contributed by atoms with E-state index in [-0.39, 0.29) is 11.9 Å². The highest BCUT2D eigenvalue weighted by Crippen LogP contribution is 2.16. The molecule has 1 heterocycles. The summed E-state index contributed by atoms with van der Waals surface area (Å²) in [7, 11) is 0. The van der Waals surface area contributed by atoms with Crippen molar-refractivity contribution in [2.45, 2.75) is 19.4 Å². The van der Waals surface area contributed by atoms with Crippen molar-refractivity contribution in [1.82, 2.24) is 9.78 Å². The maximum Gasteiger partial charge on any atom is 0.149 e. The zero-order valence-corrected chi connectivity index (χ0v) is 11.6. The number of nitrogens with zero attached hydrogens (tertiary/aromatic N) is 2. The summed E-state index contributed by atoms with van der Waals surface area (Å²) >= 11 is 2.14. The molecule has 0 bridgehead atoms. The van der Waals surface area contributed by atoms with Crippen LogP contribution >= 0.6 is 22.6 Å². The summed E-state index contributed by atoms with van der Waals surface area (Å²) < 4.78 is 16.4. The summed E-state index contributed by atoms with van der Waals surface area (Å²) in [5.41, 5.74) is 7.05. The smallest absolute Gasteiger partial charge is 0.149 e. The third kappa shape index (κ3) is 3.04. The molecule has 1 aromatic heterocycles. The van der Waals surface area contributed by atoms with Gasteiger partial charge in [0.05, 0.1) is 9.77 Å². The van der Waals surface area contributed by atoms with Gasteiger partial charge in [-0.1, -0.05) is 6.07 Å².